The number of halogens is 1. The fraction of sp³-hybridized carbons (Fsp3) is 0.136. The number of carbonyl (C=O) groups is 1. The topological polar surface area (TPSA) is 69.4 Å². The SMILES string of the molecule is Cc1cc2oc(=O)cc(COC(=O)c3csc(-c4ccc(F)cc4)n3)c2cc1C. The summed E-state index contributed by atoms with van der Waals surface area (Å²) in [7, 11) is 0. The molecule has 0 fully saturated rings. The van der Waals surface area contributed by atoms with Crippen molar-refractivity contribution in [3.63, 3.8) is 0 Å². The first-order valence-electron chi connectivity index (χ1n) is 8.83. The second kappa shape index (κ2) is 7.60. The third kappa shape index (κ3) is 3.95. The van der Waals surface area contributed by atoms with Gasteiger partial charge in [-0.3, -0.25) is 0 Å². The molecule has 2 aromatic heterocycles. The lowest BCUT2D eigenvalue weighted by atomic mass is 10.0. The zero-order valence-corrected chi connectivity index (χ0v) is 16.5. The number of hydrogen-bond donors (Lipinski definition) is 0. The Balaban J connectivity index is 1.55. The Hall–Kier alpha value is -3.32. The lowest BCUT2D eigenvalue weighted by Crippen LogP contribution is -2.08. The highest BCUT2D eigenvalue weighted by atomic mass is 32.1. The van der Waals surface area contributed by atoms with E-state index in [-0.39, 0.29) is 18.1 Å². The van der Waals surface area contributed by atoms with Crippen LogP contribution in [0.2, 0.25) is 0 Å². The summed E-state index contributed by atoms with van der Waals surface area (Å²) in [6.45, 7) is 3.82. The summed E-state index contributed by atoms with van der Waals surface area (Å²) in [5.41, 5.74) is 3.45. The predicted octanol–water partition coefficient (Wildman–Crippen LogP) is 5.03. The van der Waals surface area contributed by atoms with Crippen LogP contribution in [-0.4, -0.2) is 11.0 Å². The maximum atomic E-state index is 13.1. The van der Waals surface area contributed by atoms with Gasteiger partial charge in [-0.2, -0.15) is 0 Å². The maximum absolute atomic E-state index is 13.1. The van der Waals surface area contributed by atoms with Gasteiger partial charge in [0.2, 0.25) is 0 Å². The maximum Gasteiger partial charge on any atom is 0.358 e. The van der Waals surface area contributed by atoms with Gasteiger partial charge < -0.3 is 9.15 Å². The number of ether oxygens (including phenoxy) is 1. The molecule has 0 saturated carbocycles. The van der Waals surface area contributed by atoms with Gasteiger partial charge in [-0.1, -0.05) is 0 Å². The van der Waals surface area contributed by atoms with Gasteiger partial charge in [0, 0.05) is 28.0 Å². The van der Waals surface area contributed by atoms with E-state index in [4.69, 9.17) is 9.15 Å². The number of carbonyl (C=O) groups excluding carboxylic acids is 1. The monoisotopic (exact) mass is 409 g/mol. The van der Waals surface area contributed by atoms with E-state index in [0.29, 0.717) is 21.7 Å². The molecule has 5 nitrogen and oxygen atoms in total. The van der Waals surface area contributed by atoms with Crippen molar-refractivity contribution in [1.29, 1.82) is 0 Å². The van der Waals surface area contributed by atoms with E-state index < -0.39 is 11.6 Å². The molecule has 4 rings (SSSR count). The molecule has 0 amide bonds. The molecule has 0 aliphatic carbocycles. The highest BCUT2D eigenvalue weighted by Crippen LogP contribution is 2.25. The molecule has 0 N–H and O–H groups in total. The van der Waals surface area contributed by atoms with Gasteiger partial charge in [0.1, 0.15) is 23.0 Å². The van der Waals surface area contributed by atoms with Gasteiger partial charge in [0.15, 0.2) is 5.69 Å². The number of hydrogen-bond acceptors (Lipinski definition) is 6. The Labute approximate surface area is 169 Å². The van der Waals surface area contributed by atoms with Crippen molar-refractivity contribution in [3.05, 3.63) is 86.5 Å². The molecular formula is C22H16FNO4S. The molecule has 0 unspecified atom stereocenters. The summed E-state index contributed by atoms with van der Waals surface area (Å²) in [5, 5.41) is 2.91. The van der Waals surface area contributed by atoms with Crippen molar-refractivity contribution >= 4 is 28.3 Å². The quantitative estimate of drug-likeness (QED) is 0.349. The summed E-state index contributed by atoms with van der Waals surface area (Å²) in [4.78, 5) is 28.5. The summed E-state index contributed by atoms with van der Waals surface area (Å²) < 4.78 is 23.7. The van der Waals surface area contributed by atoms with Crippen molar-refractivity contribution in [3.8, 4) is 10.6 Å². The summed E-state index contributed by atoms with van der Waals surface area (Å²) in [6.07, 6.45) is 0. The van der Waals surface area contributed by atoms with Crippen LogP contribution in [0.5, 0.6) is 0 Å². The number of esters is 1. The van der Waals surface area contributed by atoms with Gasteiger partial charge in [-0.25, -0.2) is 19.0 Å². The van der Waals surface area contributed by atoms with Crippen LogP contribution in [0, 0.1) is 19.7 Å². The molecule has 0 radical (unpaired) electrons. The first kappa shape index (κ1) is 19.0. The van der Waals surface area contributed by atoms with Crippen LogP contribution in [0.25, 0.3) is 21.5 Å². The Morgan fingerprint density at radius 3 is 2.62 bits per heavy atom. The lowest BCUT2D eigenvalue weighted by Gasteiger charge is -2.08. The van der Waals surface area contributed by atoms with Crippen LogP contribution >= 0.6 is 11.3 Å². The second-order valence-corrected chi connectivity index (χ2v) is 7.50. The normalized spacial score (nSPS) is 11.0. The minimum Gasteiger partial charge on any atom is -0.456 e. The van der Waals surface area contributed by atoms with Gasteiger partial charge in [-0.05, 0) is 61.4 Å². The molecule has 0 spiro atoms. The molecule has 0 atom stereocenters. The Bertz CT molecular complexity index is 1270. The molecular weight excluding hydrogens is 393 g/mol. The van der Waals surface area contributed by atoms with Crippen LogP contribution in [0.3, 0.4) is 0 Å². The number of aromatic nitrogens is 1. The number of nitrogens with zero attached hydrogens (tertiary/aromatic N) is 1. The zero-order valence-electron chi connectivity index (χ0n) is 15.7. The highest BCUT2D eigenvalue weighted by Gasteiger charge is 2.15. The third-order valence-electron chi connectivity index (χ3n) is 4.61. The van der Waals surface area contributed by atoms with Gasteiger partial charge in [0.05, 0.1) is 0 Å². The smallest absolute Gasteiger partial charge is 0.358 e. The first-order valence-corrected chi connectivity index (χ1v) is 9.71. The largest absolute Gasteiger partial charge is 0.456 e. The first-order chi connectivity index (χ1) is 13.9. The van der Waals surface area contributed by atoms with Crippen LogP contribution < -0.4 is 5.63 Å². The van der Waals surface area contributed by atoms with Crippen molar-refractivity contribution < 1.29 is 18.3 Å². The summed E-state index contributed by atoms with van der Waals surface area (Å²) in [5.74, 6) is -0.935. The molecule has 146 valence electrons. The lowest BCUT2D eigenvalue weighted by molar-refractivity contribution is 0.0468. The second-order valence-electron chi connectivity index (χ2n) is 6.64. The standard InChI is InChI=1S/C22H16FNO4S/c1-12-7-17-15(9-20(25)28-19(17)8-13(12)2)10-27-22(26)18-11-29-21(24-18)14-3-5-16(23)6-4-14/h3-9,11H,10H2,1-2H3. The molecule has 7 heteroatoms. The number of thiazole rings is 1. The molecule has 29 heavy (non-hydrogen) atoms. The van der Waals surface area contributed by atoms with Crippen LogP contribution in [-0.2, 0) is 11.3 Å². The fourth-order valence-electron chi connectivity index (χ4n) is 2.91. The number of fused-ring (bicyclic) bond motifs is 1. The van der Waals surface area contributed by atoms with E-state index in [1.54, 1.807) is 23.6 Å². The zero-order chi connectivity index (χ0) is 20.5. The van der Waals surface area contributed by atoms with E-state index in [2.05, 4.69) is 4.98 Å². The van der Waals surface area contributed by atoms with E-state index in [0.717, 1.165) is 16.5 Å². The predicted molar refractivity (Wildman–Crippen MR) is 109 cm³/mol. The molecule has 2 heterocycles. The Kier molecular flexibility index (Phi) is 4.98. The van der Waals surface area contributed by atoms with Crippen LogP contribution in [0.4, 0.5) is 4.39 Å². The molecule has 0 saturated heterocycles. The average Bonchev–Trinajstić information content (AvgIpc) is 3.18. The van der Waals surface area contributed by atoms with Crippen molar-refractivity contribution in [2.45, 2.75) is 20.5 Å². The van der Waals surface area contributed by atoms with Gasteiger partial charge in [-0.15, -0.1) is 11.3 Å². The number of aryl methyl sites for hydroxylation is 2. The summed E-state index contributed by atoms with van der Waals surface area (Å²) in [6, 6.07) is 10.9. The number of benzene rings is 2. The number of rotatable bonds is 4. The van der Waals surface area contributed by atoms with E-state index in [1.165, 1.54) is 29.5 Å². The Morgan fingerprint density at radius 1 is 1.14 bits per heavy atom. The van der Waals surface area contributed by atoms with Gasteiger partial charge in [0.25, 0.3) is 0 Å². The van der Waals surface area contributed by atoms with Crippen molar-refractivity contribution in [1.82, 2.24) is 4.98 Å². The third-order valence-corrected chi connectivity index (χ3v) is 5.50. The van der Waals surface area contributed by atoms with E-state index in [9.17, 15) is 14.0 Å². The van der Waals surface area contributed by atoms with Crippen LogP contribution in [0.1, 0.15) is 27.2 Å². The molecule has 4 aromatic rings. The fourth-order valence-corrected chi connectivity index (χ4v) is 3.71. The van der Waals surface area contributed by atoms with E-state index in [1.807, 2.05) is 19.9 Å². The van der Waals surface area contributed by atoms with Crippen molar-refractivity contribution in [2.24, 2.45) is 0 Å². The minimum absolute atomic E-state index is 0.0765. The Morgan fingerprint density at radius 2 is 1.86 bits per heavy atom. The molecule has 0 aliphatic heterocycles. The molecule has 0 bridgehead atoms. The van der Waals surface area contributed by atoms with E-state index >= 15 is 0 Å². The van der Waals surface area contributed by atoms with Crippen LogP contribution in [0.15, 0.2) is 57.1 Å². The molecule has 2 aromatic carbocycles. The average molecular weight is 409 g/mol. The van der Waals surface area contributed by atoms with Crippen molar-refractivity contribution in [2.75, 3.05) is 0 Å². The van der Waals surface area contributed by atoms with Gasteiger partial charge >= 0.3 is 11.6 Å². The minimum atomic E-state index is -0.597. The highest BCUT2D eigenvalue weighted by molar-refractivity contribution is 7.13. The molecule has 0 aliphatic rings. The summed E-state index contributed by atoms with van der Waals surface area (Å²) >= 11 is 1.27.